The van der Waals surface area contributed by atoms with Gasteiger partial charge in [-0.2, -0.15) is 0 Å². The van der Waals surface area contributed by atoms with Crippen LogP contribution >= 0.6 is 11.3 Å². The Labute approximate surface area is 80.8 Å². The normalized spacial score (nSPS) is 11.9. The molecule has 13 heavy (non-hydrogen) atoms. The Morgan fingerprint density at radius 1 is 1.23 bits per heavy atom. The number of aromatic nitrogens is 1. The van der Waals surface area contributed by atoms with Gasteiger partial charge in [0.05, 0.1) is 5.69 Å². The van der Waals surface area contributed by atoms with Gasteiger partial charge in [0.15, 0.2) is 4.80 Å². The van der Waals surface area contributed by atoms with Gasteiger partial charge in [-0.3, -0.25) is 0 Å². The molecule has 2 nitrogen and oxygen atoms in total. The molecule has 0 N–H and O–H groups in total. The summed E-state index contributed by atoms with van der Waals surface area (Å²) < 4.78 is 2.01. The van der Waals surface area contributed by atoms with Gasteiger partial charge in [0, 0.05) is 18.6 Å². The zero-order valence-corrected chi connectivity index (χ0v) is 8.16. The predicted molar refractivity (Wildman–Crippen MR) is 55.0 cm³/mol. The summed E-state index contributed by atoms with van der Waals surface area (Å²) in [6, 6.07) is 9.98. The minimum absolute atomic E-state index is 1.00. The summed E-state index contributed by atoms with van der Waals surface area (Å²) in [5.41, 5.74) is 1.00. The number of rotatable bonds is 1. The highest BCUT2D eigenvalue weighted by Crippen LogP contribution is 2.08. The van der Waals surface area contributed by atoms with Gasteiger partial charge in [-0.25, -0.2) is 4.99 Å². The number of aryl methyl sites for hydroxylation is 1. The fourth-order valence-electron chi connectivity index (χ4n) is 1.05. The topological polar surface area (TPSA) is 17.3 Å². The van der Waals surface area contributed by atoms with Crippen molar-refractivity contribution in [2.45, 2.75) is 0 Å². The number of benzene rings is 1. The molecular weight excluding hydrogens is 180 g/mol. The molecule has 3 heteroatoms. The molecular formula is C10H10N2S. The quantitative estimate of drug-likeness (QED) is 0.656. The molecule has 0 saturated carbocycles. The molecule has 2 rings (SSSR count). The lowest BCUT2D eigenvalue weighted by molar-refractivity contribution is 0.874. The van der Waals surface area contributed by atoms with E-state index in [9.17, 15) is 0 Å². The van der Waals surface area contributed by atoms with E-state index in [1.165, 1.54) is 0 Å². The average Bonchev–Trinajstić information content (AvgIpc) is 2.54. The Balaban J connectivity index is 2.48. The summed E-state index contributed by atoms with van der Waals surface area (Å²) in [7, 11) is 2.00. The Hall–Kier alpha value is -1.35. The van der Waals surface area contributed by atoms with Crippen LogP contribution in [0.4, 0.5) is 5.69 Å². The van der Waals surface area contributed by atoms with Crippen LogP contribution in [0.15, 0.2) is 46.9 Å². The summed E-state index contributed by atoms with van der Waals surface area (Å²) in [6.07, 6.45) is 2.01. The van der Waals surface area contributed by atoms with Gasteiger partial charge < -0.3 is 4.57 Å². The molecule has 0 saturated heterocycles. The first kappa shape index (κ1) is 8.26. The van der Waals surface area contributed by atoms with Gasteiger partial charge in [0.2, 0.25) is 0 Å². The third-order valence-corrected chi connectivity index (χ3v) is 2.59. The molecule has 66 valence electrons. The van der Waals surface area contributed by atoms with Crippen molar-refractivity contribution in [3.63, 3.8) is 0 Å². The highest BCUT2D eigenvalue weighted by molar-refractivity contribution is 7.07. The zero-order chi connectivity index (χ0) is 9.10. The number of nitrogens with zero attached hydrogens (tertiary/aromatic N) is 2. The van der Waals surface area contributed by atoms with Gasteiger partial charge >= 0.3 is 0 Å². The minimum atomic E-state index is 1.00. The lowest BCUT2D eigenvalue weighted by Gasteiger charge is -1.91. The predicted octanol–water partition coefficient (Wildman–Crippen LogP) is 2.32. The molecule has 0 spiro atoms. The lowest BCUT2D eigenvalue weighted by Crippen LogP contribution is -2.07. The number of hydrogen-bond acceptors (Lipinski definition) is 2. The fourth-order valence-corrected chi connectivity index (χ4v) is 1.80. The Morgan fingerprint density at radius 3 is 2.62 bits per heavy atom. The Kier molecular flexibility index (Phi) is 2.27. The highest BCUT2D eigenvalue weighted by Gasteiger charge is 1.88. The molecule has 0 aliphatic heterocycles. The summed E-state index contributed by atoms with van der Waals surface area (Å²) in [4.78, 5) is 5.50. The van der Waals surface area contributed by atoms with Gasteiger partial charge in [-0.05, 0) is 12.1 Å². The maximum atomic E-state index is 4.48. The van der Waals surface area contributed by atoms with E-state index in [0.717, 1.165) is 10.5 Å². The molecule has 2 aromatic rings. The van der Waals surface area contributed by atoms with Crippen LogP contribution in [0.25, 0.3) is 0 Å². The first-order chi connectivity index (χ1) is 6.36. The van der Waals surface area contributed by atoms with E-state index in [2.05, 4.69) is 4.99 Å². The van der Waals surface area contributed by atoms with Crippen molar-refractivity contribution in [3.8, 4) is 0 Å². The molecule has 0 aliphatic rings. The average molecular weight is 190 g/mol. The van der Waals surface area contributed by atoms with E-state index in [4.69, 9.17) is 0 Å². The molecule has 0 fully saturated rings. The van der Waals surface area contributed by atoms with Crippen molar-refractivity contribution in [2.75, 3.05) is 0 Å². The van der Waals surface area contributed by atoms with E-state index >= 15 is 0 Å². The number of para-hydroxylation sites is 1. The molecule has 0 radical (unpaired) electrons. The van der Waals surface area contributed by atoms with E-state index < -0.39 is 0 Å². The molecule has 0 bridgehead atoms. The maximum Gasteiger partial charge on any atom is 0.189 e. The molecule has 1 heterocycles. The summed E-state index contributed by atoms with van der Waals surface area (Å²) in [5.74, 6) is 0. The van der Waals surface area contributed by atoms with Crippen molar-refractivity contribution in [2.24, 2.45) is 12.0 Å². The molecule has 1 aromatic heterocycles. The second-order valence-corrected chi connectivity index (χ2v) is 3.62. The van der Waals surface area contributed by atoms with Crippen LogP contribution in [0, 0.1) is 0 Å². The van der Waals surface area contributed by atoms with Crippen molar-refractivity contribution < 1.29 is 0 Å². The second kappa shape index (κ2) is 3.58. The van der Waals surface area contributed by atoms with Crippen LogP contribution in [-0.4, -0.2) is 4.57 Å². The fraction of sp³-hybridized carbons (Fsp3) is 0.100. The van der Waals surface area contributed by atoms with Crippen molar-refractivity contribution in [1.82, 2.24) is 4.57 Å². The summed E-state index contributed by atoms with van der Waals surface area (Å²) >= 11 is 1.64. The van der Waals surface area contributed by atoms with E-state index in [-0.39, 0.29) is 0 Å². The van der Waals surface area contributed by atoms with Crippen LogP contribution in [0.2, 0.25) is 0 Å². The zero-order valence-electron chi connectivity index (χ0n) is 7.34. The van der Waals surface area contributed by atoms with Gasteiger partial charge in [-0.1, -0.05) is 18.2 Å². The summed E-state index contributed by atoms with van der Waals surface area (Å²) in [5, 5.41) is 2.03. The third kappa shape index (κ3) is 1.87. The Morgan fingerprint density at radius 2 is 2.00 bits per heavy atom. The number of thiazole rings is 1. The SMILES string of the molecule is Cn1ccsc1=Nc1ccccc1. The maximum absolute atomic E-state index is 4.48. The van der Waals surface area contributed by atoms with Gasteiger partial charge in [0.1, 0.15) is 0 Å². The van der Waals surface area contributed by atoms with Crippen LogP contribution in [0.5, 0.6) is 0 Å². The highest BCUT2D eigenvalue weighted by atomic mass is 32.1. The first-order valence-electron chi connectivity index (χ1n) is 4.06. The molecule has 0 atom stereocenters. The first-order valence-corrected chi connectivity index (χ1v) is 4.94. The van der Waals surface area contributed by atoms with Gasteiger partial charge in [-0.15, -0.1) is 11.3 Å². The van der Waals surface area contributed by atoms with Crippen molar-refractivity contribution >= 4 is 17.0 Å². The van der Waals surface area contributed by atoms with Gasteiger partial charge in [0.25, 0.3) is 0 Å². The largest absolute Gasteiger partial charge is 0.327 e. The Bertz CT molecular complexity index is 439. The smallest absolute Gasteiger partial charge is 0.189 e. The van der Waals surface area contributed by atoms with E-state index in [1.54, 1.807) is 11.3 Å². The molecule has 1 aromatic carbocycles. The number of hydrogen-bond donors (Lipinski definition) is 0. The van der Waals surface area contributed by atoms with E-state index in [0.29, 0.717) is 0 Å². The summed E-state index contributed by atoms with van der Waals surface area (Å²) in [6.45, 7) is 0. The molecule has 0 aliphatic carbocycles. The van der Waals surface area contributed by atoms with E-state index in [1.807, 2.05) is 53.5 Å². The van der Waals surface area contributed by atoms with Crippen LogP contribution in [-0.2, 0) is 7.05 Å². The molecule has 0 unspecified atom stereocenters. The monoisotopic (exact) mass is 190 g/mol. The van der Waals surface area contributed by atoms with Crippen molar-refractivity contribution in [1.29, 1.82) is 0 Å². The standard InChI is InChI=1S/C10H10N2S/c1-12-7-8-13-10(12)11-9-5-3-2-4-6-9/h2-8H,1H3. The van der Waals surface area contributed by atoms with Crippen LogP contribution in [0.3, 0.4) is 0 Å². The van der Waals surface area contributed by atoms with Crippen molar-refractivity contribution in [3.05, 3.63) is 46.7 Å². The van der Waals surface area contributed by atoms with Crippen LogP contribution < -0.4 is 4.80 Å². The third-order valence-electron chi connectivity index (χ3n) is 1.74. The minimum Gasteiger partial charge on any atom is -0.327 e. The lowest BCUT2D eigenvalue weighted by atomic mass is 10.3. The van der Waals surface area contributed by atoms with Crippen LogP contribution in [0.1, 0.15) is 0 Å². The molecule has 0 amide bonds. The second-order valence-electron chi connectivity index (χ2n) is 2.74.